The van der Waals surface area contributed by atoms with E-state index in [9.17, 15) is 4.79 Å². The summed E-state index contributed by atoms with van der Waals surface area (Å²) in [5, 5.41) is 3.01. The van der Waals surface area contributed by atoms with E-state index in [1.165, 1.54) is 0 Å². The number of carbonyl (C=O) groups is 1. The zero-order valence-corrected chi connectivity index (χ0v) is 10.3. The smallest absolute Gasteiger partial charge is 0.248 e. The van der Waals surface area contributed by atoms with Crippen molar-refractivity contribution < 1.29 is 4.79 Å². The van der Waals surface area contributed by atoms with Crippen LogP contribution in [0.1, 0.15) is 20.3 Å². The first-order chi connectivity index (χ1) is 6.56. The number of hydrogen-bond acceptors (Lipinski definition) is 2. The molecular weight excluding hydrogens is 244 g/mol. The summed E-state index contributed by atoms with van der Waals surface area (Å²) in [5.74, 6) is 0.0920. The van der Waals surface area contributed by atoms with E-state index in [-0.39, 0.29) is 11.9 Å². The highest BCUT2D eigenvalue weighted by Crippen LogP contribution is 2.17. The van der Waals surface area contributed by atoms with Crippen LogP contribution in [0, 0.1) is 0 Å². The van der Waals surface area contributed by atoms with E-state index in [2.05, 4.69) is 21.2 Å². The molecular formula is C10H15BrN2O. The minimum absolute atomic E-state index is 0.0920. The highest BCUT2D eigenvalue weighted by molar-refractivity contribution is 9.11. The van der Waals surface area contributed by atoms with Crippen molar-refractivity contribution in [3.63, 3.8) is 0 Å². The van der Waals surface area contributed by atoms with Crippen molar-refractivity contribution in [2.75, 3.05) is 7.05 Å². The first kappa shape index (κ1) is 11.3. The number of rotatable bonds is 1. The first-order valence-corrected chi connectivity index (χ1v) is 5.45. The van der Waals surface area contributed by atoms with Gasteiger partial charge in [-0.05, 0) is 35.4 Å². The second-order valence-corrected chi connectivity index (χ2v) is 4.22. The summed E-state index contributed by atoms with van der Waals surface area (Å²) in [5.41, 5.74) is 1.02. The summed E-state index contributed by atoms with van der Waals surface area (Å²) in [4.78, 5) is 13.5. The predicted molar refractivity (Wildman–Crippen MR) is 60.8 cm³/mol. The van der Waals surface area contributed by atoms with E-state index in [1.807, 2.05) is 26.1 Å². The monoisotopic (exact) mass is 258 g/mol. The van der Waals surface area contributed by atoms with Gasteiger partial charge in [0.2, 0.25) is 5.91 Å². The molecule has 3 nitrogen and oxygen atoms in total. The molecule has 0 saturated carbocycles. The molecule has 1 rings (SSSR count). The zero-order chi connectivity index (χ0) is 10.7. The van der Waals surface area contributed by atoms with Gasteiger partial charge in [-0.3, -0.25) is 4.79 Å². The van der Waals surface area contributed by atoms with Crippen LogP contribution in [0.2, 0.25) is 0 Å². The van der Waals surface area contributed by atoms with E-state index in [1.54, 1.807) is 11.9 Å². The van der Waals surface area contributed by atoms with Gasteiger partial charge < -0.3 is 10.2 Å². The minimum atomic E-state index is -0.178. The fourth-order valence-corrected chi connectivity index (χ4v) is 1.74. The molecule has 4 heteroatoms. The Morgan fingerprint density at radius 1 is 1.64 bits per heavy atom. The summed E-state index contributed by atoms with van der Waals surface area (Å²) >= 11 is 3.41. The van der Waals surface area contributed by atoms with Gasteiger partial charge in [0, 0.05) is 23.4 Å². The third-order valence-corrected chi connectivity index (χ3v) is 2.73. The van der Waals surface area contributed by atoms with Crippen molar-refractivity contribution in [2.45, 2.75) is 26.3 Å². The van der Waals surface area contributed by atoms with Gasteiger partial charge in [-0.2, -0.15) is 0 Å². The van der Waals surface area contributed by atoms with Crippen molar-refractivity contribution in [2.24, 2.45) is 0 Å². The van der Waals surface area contributed by atoms with Crippen LogP contribution in [0.4, 0.5) is 0 Å². The molecule has 0 radical (unpaired) electrons. The molecule has 0 aromatic carbocycles. The SMILES string of the molecule is CC/C1=C\C(Br)=C/N[C@H](C)C(=O)N1C. The van der Waals surface area contributed by atoms with Crippen LogP contribution in [0.15, 0.2) is 22.5 Å². The molecule has 1 aliphatic heterocycles. The lowest BCUT2D eigenvalue weighted by molar-refractivity contribution is -0.129. The van der Waals surface area contributed by atoms with Gasteiger partial charge in [-0.25, -0.2) is 0 Å². The van der Waals surface area contributed by atoms with Crippen LogP contribution in [0.3, 0.4) is 0 Å². The lowest BCUT2D eigenvalue weighted by atomic mass is 10.2. The van der Waals surface area contributed by atoms with E-state index < -0.39 is 0 Å². The first-order valence-electron chi connectivity index (χ1n) is 4.66. The lowest BCUT2D eigenvalue weighted by Gasteiger charge is -2.25. The average molecular weight is 259 g/mol. The van der Waals surface area contributed by atoms with E-state index in [0.717, 1.165) is 16.6 Å². The van der Waals surface area contributed by atoms with Gasteiger partial charge in [-0.15, -0.1) is 0 Å². The Balaban J connectivity index is 3.01. The lowest BCUT2D eigenvalue weighted by Crippen LogP contribution is -2.41. The number of nitrogens with one attached hydrogen (secondary N) is 1. The average Bonchev–Trinajstić information content (AvgIpc) is 2.19. The number of likely N-dealkylation sites (N-methyl/N-ethyl adjacent to an activating group) is 1. The number of allylic oxidation sites excluding steroid dienone is 3. The molecule has 0 aromatic rings. The van der Waals surface area contributed by atoms with Crippen molar-refractivity contribution in [1.29, 1.82) is 0 Å². The summed E-state index contributed by atoms with van der Waals surface area (Å²) in [6.07, 6.45) is 4.61. The van der Waals surface area contributed by atoms with Crippen molar-refractivity contribution in [3.8, 4) is 0 Å². The molecule has 1 N–H and O–H groups in total. The molecule has 0 unspecified atom stereocenters. The summed E-state index contributed by atoms with van der Waals surface area (Å²) in [6, 6.07) is -0.178. The van der Waals surface area contributed by atoms with Crippen LogP contribution < -0.4 is 5.32 Å². The van der Waals surface area contributed by atoms with E-state index >= 15 is 0 Å². The molecule has 0 aromatic heterocycles. The molecule has 14 heavy (non-hydrogen) atoms. The Bertz CT molecular complexity index is 296. The number of amides is 1. The Hall–Kier alpha value is -0.770. The van der Waals surface area contributed by atoms with E-state index in [0.29, 0.717) is 0 Å². The molecule has 1 aliphatic rings. The molecule has 78 valence electrons. The van der Waals surface area contributed by atoms with Crippen LogP contribution in [-0.4, -0.2) is 23.9 Å². The zero-order valence-electron chi connectivity index (χ0n) is 8.67. The second kappa shape index (κ2) is 4.64. The number of carbonyl (C=O) groups excluding carboxylic acids is 1. The molecule has 1 amide bonds. The number of halogens is 1. The van der Waals surface area contributed by atoms with Crippen LogP contribution >= 0.6 is 15.9 Å². The Kier molecular flexibility index (Phi) is 3.75. The van der Waals surface area contributed by atoms with Crippen molar-refractivity contribution >= 4 is 21.8 Å². The highest BCUT2D eigenvalue weighted by atomic mass is 79.9. The van der Waals surface area contributed by atoms with Gasteiger partial charge in [-0.1, -0.05) is 6.92 Å². The normalized spacial score (nSPS) is 30.7. The molecule has 1 atom stereocenters. The maximum Gasteiger partial charge on any atom is 0.248 e. The van der Waals surface area contributed by atoms with Crippen molar-refractivity contribution in [3.05, 3.63) is 22.5 Å². The maximum absolute atomic E-state index is 11.8. The third-order valence-electron chi connectivity index (χ3n) is 2.27. The van der Waals surface area contributed by atoms with Gasteiger partial charge in [0.1, 0.15) is 6.04 Å². The summed E-state index contributed by atoms with van der Waals surface area (Å²) in [7, 11) is 1.81. The maximum atomic E-state index is 11.8. The quantitative estimate of drug-likeness (QED) is 0.780. The van der Waals surface area contributed by atoms with Gasteiger partial charge >= 0.3 is 0 Å². The predicted octanol–water partition coefficient (Wildman–Crippen LogP) is 1.97. The minimum Gasteiger partial charge on any atom is -0.379 e. The number of hydrogen-bond donors (Lipinski definition) is 1. The fourth-order valence-electron chi connectivity index (χ4n) is 1.34. The molecule has 0 spiro atoms. The van der Waals surface area contributed by atoms with Crippen molar-refractivity contribution in [1.82, 2.24) is 10.2 Å². The summed E-state index contributed by atoms with van der Waals surface area (Å²) in [6.45, 7) is 3.89. The topological polar surface area (TPSA) is 32.3 Å². The molecule has 1 heterocycles. The Morgan fingerprint density at radius 2 is 2.29 bits per heavy atom. The largest absolute Gasteiger partial charge is 0.379 e. The molecule has 0 saturated heterocycles. The van der Waals surface area contributed by atoms with Gasteiger partial charge in [0.15, 0.2) is 0 Å². The number of nitrogens with zero attached hydrogens (tertiary/aromatic N) is 1. The van der Waals surface area contributed by atoms with Crippen LogP contribution in [0.25, 0.3) is 0 Å². The van der Waals surface area contributed by atoms with Gasteiger partial charge in [0.25, 0.3) is 0 Å². The summed E-state index contributed by atoms with van der Waals surface area (Å²) < 4.78 is 0.959. The third kappa shape index (κ3) is 2.38. The molecule has 0 aliphatic carbocycles. The van der Waals surface area contributed by atoms with Crippen LogP contribution in [-0.2, 0) is 4.79 Å². The van der Waals surface area contributed by atoms with E-state index in [4.69, 9.17) is 0 Å². The Morgan fingerprint density at radius 3 is 2.86 bits per heavy atom. The van der Waals surface area contributed by atoms with Crippen LogP contribution in [0.5, 0.6) is 0 Å². The standard InChI is InChI=1S/C10H15BrN2O/c1-4-9-5-8(11)6-12-7(2)10(14)13(9)3/h5-7,12H,4H2,1-3H3/b8-6+,9-5+/t7-/m1/s1. The van der Waals surface area contributed by atoms with Gasteiger partial charge in [0.05, 0.1) is 0 Å². The molecule has 0 fully saturated rings. The fraction of sp³-hybridized carbons (Fsp3) is 0.500. The molecule has 0 bridgehead atoms. The second-order valence-electron chi connectivity index (χ2n) is 3.30. The Labute approximate surface area is 93.0 Å². The highest BCUT2D eigenvalue weighted by Gasteiger charge is 2.20.